The van der Waals surface area contributed by atoms with Gasteiger partial charge in [-0.3, -0.25) is 9.59 Å². The molecule has 1 rings (SSSR count). The van der Waals surface area contributed by atoms with E-state index < -0.39 is 23.6 Å². The van der Waals surface area contributed by atoms with Crippen molar-refractivity contribution in [2.75, 3.05) is 13.1 Å². The van der Waals surface area contributed by atoms with Crippen molar-refractivity contribution < 1.29 is 19.1 Å². The predicted molar refractivity (Wildman–Crippen MR) is 72.8 cm³/mol. The summed E-state index contributed by atoms with van der Waals surface area (Å²) in [6.07, 6.45) is 1.63. The number of primary amides is 1. The van der Waals surface area contributed by atoms with Crippen LogP contribution >= 0.6 is 0 Å². The fourth-order valence-corrected chi connectivity index (χ4v) is 2.09. The van der Waals surface area contributed by atoms with Crippen molar-refractivity contribution in [2.24, 2.45) is 5.73 Å². The molecule has 0 spiro atoms. The Hall–Kier alpha value is -1.79. The molecular formula is C13H23N3O4. The Morgan fingerprint density at radius 1 is 1.30 bits per heavy atom. The van der Waals surface area contributed by atoms with E-state index in [4.69, 9.17) is 10.5 Å². The normalized spacial score (nSPS) is 19.4. The fraction of sp³-hybridized carbons (Fsp3) is 0.769. The third-order valence-electron chi connectivity index (χ3n) is 2.93. The standard InChI is InChI=1S/C13H23N3O4/c1-13(2,3)20-12(19)15-8-10(17)16-7-5-4-6-9(16)11(14)18/h9H,4-8H2,1-3H3,(H2,14,18)(H,15,19)/t9-/m0/s1. The van der Waals surface area contributed by atoms with Crippen LogP contribution in [0.25, 0.3) is 0 Å². The van der Waals surface area contributed by atoms with Gasteiger partial charge in [0.05, 0.1) is 0 Å². The molecule has 0 aliphatic carbocycles. The van der Waals surface area contributed by atoms with E-state index in [1.165, 1.54) is 4.90 Å². The van der Waals surface area contributed by atoms with E-state index in [1.807, 2.05) is 0 Å². The maximum Gasteiger partial charge on any atom is 0.408 e. The number of amides is 3. The zero-order valence-electron chi connectivity index (χ0n) is 12.3. The van der Waals surface area contributed by atoms with Gasteiger partial charge in [-0.2, -0.15) is 0 Å². The van der Waals surface area contributed by atoms with E-state index in [1.54, 1.807) is 20.8 Å². The first-order valence-electron chi connectivity index (χ1n) is 6.76. The van der Waals surface area contributed by atoms with Crippen LogP contribution in [-0.2, 0) is 14.3 Å². The zero-order chi connectivity index (χ0) is 15.3. The van der Waals surface area contributed by atoms with E-state index in [0.29, 0.717) is 13.0 Å². The van der Waals surface area contributed by atoms with Crippen molar-refractivity contribution in [2.45, 2.75) is 51.7 Å². The second-order valence-corrected chi connectivity index (χ2v) is 5.86. The maximum atomic E-state index is 12.0. The highest BCUT2D eigenvalue weighted by Crippen LogP contribution is 2.16. The van der Waals surface area contributed by atoms with Crippen LogP contribution in [0.4, 0.5) is 4.79 Å². The third kappa shape index (κ3) is 5.07. The number of hydrogen-bond acceptors (Lipinski definition) is 4. The molecule has 3 N–H and O–H groups in total. The molecule has 0 unspecified atom stereocenters. The molecule has 1 atom stereocenters. The summed E-state index contributed by atoms with van der Waals surface area (Å²) in [7, 11) is 0. The van der Waals surface area contributed by atoms with Crippen LogP contribution < -0.4 is 11.1 Å². The maximum absolute atomic E-state index is 12.0. The SMILES string of the molecule is CC(C)(C)OC(=O)NCC(=O)N1CCCC[C@H]1C(N)=O. The second-order valence-electron chi connectivity index (χ2n) is 5.86. The van der Waals surface area contributed by atoms with Crippen molar-refractivity contribution in [1.82, 2.24) is 10.2 Å². The third-order valence-corrected chi connectivity index (χ3v) is 2.93. The van der Waals surface area contributed by atoms with Gasteiger partial charge >= 0.3 is 6.09 Å². The molecular weight excluding hydrogens is 262 g/mol. The lowest BCUT2D eigenvalue weighted by molar-refractivity contribution is -0.140. The number of piperidine rings is 1. The first-order valence-corrected chi connectivity index (χ1v) is 6.76. The number of nitrogens with zero attached hydrogens (tertiary/aromatic N) is 1. The summed E-state index contributed by atoms with van der Waals surface area (Å²) in [5.41, 5.74) is 4.67. The van der Waals surface area contributed by atoms with Gasteiger partial charge in [0, 0.05) is 6.54 Å². The van der Waals surface area contributed by atoms with Crippen molar-refractivity contribution in [1.29, 1.82) is 0 Å². The Labute approximate surface area is 118 Å². The minimum atomic E-state index is -0.654. The Balaban J connectivity index is 2.49. The lowest BCUT2D eigenvalue weighted by Gasteiger charge is -2.33. The summed E-state index contributed by atoms with van der Waals surface area (Å²) in [5, 5.41) is 2.39. The van der Waals surface area contributed by atoms with Crippen molar-refractivity contribution in [3.8, 4) is 0 Å². The van der Waals surface area contributed by atoms with E-state index in [2.05, 4.69) is 5.32 Å². The van der Waals surface area contributed by atoms with E-state index in [9.17, 15) is 14.4 Å². The second kappa shape index (κ2) is 6.58. The van der Waals surface area contributed by atoms with Gasteiger partial charge < -0.3 is 20.7 Å². The topological polar surface area (TPSA) is 102 Å². The van der Waals surface area contributed by atoms with Crippen molar-refractivity contribution in [3.63, 3.8) is 0 Å². The molecule has 0 radical (unpaired) electrons. The molecule has 20 heavy (non-hydrogen) atoms. The number of nitrogens with two attached hydrogens (primary N) is 1. The molecule has 114 valence electrons. The van der Waals surface area contributed by atoms with Gasteiger partial charge in [0.1, 0.15) is 18.2 Å². The number of nitrogens with one attached hydrogen (secondary N) is 1. The largest absolute Gasteiger partial charge is 0.444 e. The summed E-state index contributed by atoms with van der Waals surface area (Å²) in [5.74, 6) is -0.824. The van der Waals surface area contributed by atoms with Crippen LogP contribution in [0, 0.1) is 0 Å². The van der Waals surface area contributed by atoms with Gasteiger partial charge in [0.15, 0.2) is 0 Å². The molecule has 1 fully saturated rings. The summed E-state index contributed by atoms with van der Waals surface area (Å²) in [6.45, 7) is 5.51. The van der Waals surface area contributed by atoms with Gasteiger partial charge in [-0.1, -0.05) is 0 Å². The Bertz CT molecular complexity index is 390. The Morgan fingerprint density at radius 3 is 2.50 bits per heavy atom. The highest BCUT2D eigenvalue weighted by Gasteiger charge is 2.30. The minimum Gasteiger partial charge on any atom is -0.444 e. The molecule has 0 saturated carbocycles. The van der Waals surface area contributed by atoms with Gasteiger partial charge in [-0.15, -0.1) is 0 Å². The lowest BCUT2D eigenvalue weighted by atomic mass is 10.0. The molecule has 0 aromatic carbocycles. The summed E-state index contributed by atoms with van der Waals surface area (Å²) >= 11 is 0. The molecule has 3 amide bonds. The zero-order valence-corrected chi connectivity index (χ0v) is 12.3. The van der Waals surface area contributed by atoms with Crippen molar-refractivity contribution in [3.05, 3.63) is 0 Å². The molecule has 0 aromatic heterocycles. The molecule has 0 bridgehead atoms. The van der Waals surface area contributed by atoms with Gasteiger partial charge in [0.2, 0.25) is 11.8 Å². The first kappa shape index (κ1) is 16.3. The summed E-state index contributed by atoms with van der Waals surface area (Å²) < 4.78 is 5.04. The van der Waals surface area contributed by atoms with Crippen molar-refractivity contribution >= 4 is 17.9 Å². The van der Waals surface area contributed by atoms with Crippen LogP contribution in [-0.4, -0.2) is 47.5 Å². The molecule has 1 heterocycles. The molecule has 1 aliphatic heterocycles. The minimum absolute atomic E-state index is 0.196. The van der Waals surface area contributed by atoms with Gasteiger partial charge in [-0.25, -0.2) is 4.79 Å². The number of alkyl carbamates (subject to hydrolysis) is 1. The lowest BCUT2D eigenvalue weighted by Crippen LogP contribution is -2.53. The highest BCUT2D eigenvalue weighted by molar-refractivity contribution is 5.88. The van der Waals surface area contributed by atoms with Crippen LogP contribution in [0.15, 0.2) is 0 Å². The fourth-order valence-electron chi connectivity index (χ4n) is 2.09. The molecule has 7 heteroatoms. The number of carbonyl (C=O) groups is 3. The van der Waals surface area contributed by atoms with E-state index >= 15 is 0 Å². The van der Waals surface area contributed by atoms with E-state index in [-0.39, 0.29) is 12.5 Å². The van der Waals surface area contributed by atoms with Crippen LogP contribution in [0.5, 0.6) is 0 Å². The Kier molecular flexibility index (Phi) is 5.35. The van der Waals surface area contributed by atoms with E-state index in [0.717, 1.165) is 12.8 Å². The summed E-state index contributed by atoms with van der Waals surface area (Å²) in [6, 6.07) is -0.573. The number of carbonyl (C=O) groups excluding carboxylic acids is 3. The molecule has 1 aliphatic rings. The number of hydrogen-bond donors (Lipinski definition) is 2. The van der Waals surface area contributed by atoms with Crippen LogP contribution in [0.3, 0.4) is 0 Å². The summed E-state index contributed by atoms with van der Waals surface area (Å²) in [4.78, 5) is 36.2. The van der Waals surface area contributed by atoms with Gasteiger partial charge in [0.25, 0.3) is 0 Å². The van der Waals surface area contributed by atoms with Gasteiger partial charge in [-0.05, 0) is 40.0 Å². The monoisotopic (exact) mass is 285 g/mol. The molecule has 0 aromatic rings. The first-order chi connectivity index (χ1) is 9.20. The predicted octanol–water partition coefficient (Wildman–Crippen LogP) is 0.378. The van der Waals surface area contributed by atoms with Crippen LogP contribution in [0.1, 0.15) is 40.0 Å². The average molecular weight is 285 g/mol. The smallest absolute Gasteiger partial charge is 0.408 e. The number of ether oxygens (including phenoxy) is 1. The molecule has 1 saturated heterocycles. The highest BCUT2D eigenvalue weighted by atomic mass is 16.6. The average Bonchev–Trinajstić information content (AvgIpc) is 2.33. The molecule has 7 nitrogen and oxygen atoms in total. The Morgan fingerprint density at radius 2 is 1.95 bits per heavy atom. The van der Waals surface area contributed by atoms with Crippen LogP contribution in [0.2, 0.25) is 0 Å². The number of likely N-dealkylation sites (tertiary alicyclic amines) is 1. The number of rotatable bonds is 3. The quantitative estimate of drug-likeness (QED) is 0.782.